The van der Waals surface area contributed by atoms with E-state index in [1.165, 1.54) is 0 Å². The summed E-state index contributed by atoms with van der Waals surface area (Å²) in [5, 5.41) is 3.63. The van der Waals surface area contributed by atoms with Crippen molar-refractivity contribution in [3.63, 3.8) is 0 Å². The minimum absolute atomic E-state index is 0.113. The number of nitrogens with one attached hydrogen (secondary N) is 1. The van der Waals surface area contributed by atoms with E-state index >= 15 is 0 Å². The second-order valence-corrected chi connectivity index (χ2v) is 6.89. The molecule has 0 saturated heterocycles. The second kappa shape index (κ2) is 7.74. The van der Waals surface area contributed by atoms with E-state index in [2.05, 4.69) is 21.2 Å². The van der Waals surface area contributed by atoms with Crippen molar-refractivity contribution in [1.82, 2.24) is 5.32 Å². The van der Waals surface area contributed by atoms with Crippen molar-refractivity contribution in [2.45, 2.75) is 19.9 Å². The molecule has 0 fully saturated rings. The summed E-state index contributed by atoms with van der Waals surface area (Å²) in [5.41, 5.74) is 2.26. The molecule has 5 nitrogen and oxygen atoms in total. The fourth-order valence-electron chi connectivity index (χ4n) is 2.69. The number of rotatable bonds is 5. The van der Waals surface area contributed by atoms with E-state index in [4.69, 9.17) is 9.15 Å². The lowest BCUT2D eigenvalue weighted by Crippen LogP contribution is -2.31. The van der Waals surface area contributed by atoms with Crippen LogP contribution in [-0.2, 0) is 9.53 Å². The zero-order valence-corrected chi connectivity index (χ0v) is 16.0. The van der Waals surface area contributed by atoms with Crippen LogP contribution in [-0.4, -0.2) is 18.5 Å². The second-order valence-electron chi connectivity index (χ2n) is 5.97. The number of furan rings is 1. The molecular weight excluding hydrogens is 398 g/mol. The van der Waals surface area contributed by atoms with Crippen molar-refractivity contribution in [2.75, 3.05) is 6.61 Å². The van der Waals surface area contributed by atoms with Gasteiger partial charge in [0.1, 0.15) is 5.58 Å². The van der Waals surface area contributed by atoms with Gasteiger partial charge in [-0.15, -0.1) is 0 Å². The number of carbonyl (C=O) groups is 2. The Hall–Kier alpha value is -2.60. The molecule has 0 aliphatic heterocycles. The van der Waals surface area contributed by atoms with Crippen molar-refractivity contribution in [2.24, 2.45) is 0 Å². The SMILES string of the molecule is Cc1c(C(=O)OCC(=O)N[C@H](C)c2ccccc2)oc2ccc(Br)cc12. The Morgan fingerprint density at radius 2 is 1.92 bits per heavy atom. The van der Waals surface area contributed by atoms with Gasteiger partial charge in [-0.05, 0) is 37.6 Å². The number of ether oxygens (including phenoxy) is 1. The van der Waals surface area contributed by atoms with Crippen molar-refractivity contribution in [1.29, 1.82) is 0 Å². The Kier molecular flexibility index (Phi) is 5.42. The van der Waals surface area contributed by atoms with Gasteiger partial charge in [-0.25, -0.2) is 4.79 Å². The Bertz CT molecular complexity index is 949. The maximum Gasteiger partial charge on any atom is 0.375 e. The van der Waals surface area contributed by atoms with E-state index in [1.807, 2.05) is 49.4 Å². The molecule has 0 bridgehead atoms. The lowest BCUT2D eigenvalue weighted by atomic mass is 10.1. The van der Waals surface area contributed by atoms with Gasteiger partial charge in [0.05, 0.1) is 6.04 Å². The van der Waals surface area contributed by atoms with Gasteiger partial charge in [0.2, 0.25) is 5.76 Å². The molecule has 26 heavy (non-hydrogen) atoms. The van der Waals surface area contributed by atoms with Crippen LogP contribution in [0.4, 0.5) is 0 Å². The molecule has 3 aromatic rings. The third-order valence-electron chi connectivity index (χ3n) is 4.10. The Balaban J connectivity index is 1.62. The molecule has 0 saturated carbocycles. The number of benzene rings is 2. The molecule has 0 radical (unpaired) electrons. The Morgan fingerprint density at radius 3 is 2.65 bits per heavy atom. The highest BCUT2D eigenvalue weighted by Crippen LogP contribution is 2.28. The summed E-state index contributed by atoms with van der Waals surface area (Å²) in [5.74, 6) is -0.912. The lowest BCUT2D eigenvalue weighted by Gasteiger charge is -2.14. The van der Waals surface area contributed by atoms with Crippen LogP contribution in [0.15, 0.2) is 57.4 Å². The van der Waals surface area contributed by atoms with E-state index in [0.29, 0.717) is 11.1 Å². The van der Waals surface area contributed by atoms with E-state index in [9.17, 15) is 9.59 Å². The van der Waals surface area contributed by atoms with E-state index in [1.54, 1.807) is 13.0 Å². The minimum Gasteiger partial charge on any atom is -0.450 e. The predicted molar refractivity (Wildman–Crippen MR) is 102 cm³/mol. The average molecular weight is 416 g/mol. The lowest BCUT2D eigenvalue weighted by molar-refractivity contribution is -0.124. The summed E-state index contributed by atoms with van der Waals surface area (Å²) < 4.78 is 11.6. The van der Waals surface area contributed by atoms with Crippen molar-refractivity contribution < 1.29 is 18.7 Å². The molecule has 1 heterocycles. The number of fused-ring (bicyclic) bond motifs is 1. The summed E-state index contributed by atoms with van der Waals surface area (Å²) in [6, 6.07) is 14.9. The number of esters is 1. The molecule has 2 aromatic carbocycles. The molecule has 6 heteroatoms. The van der Waals surface area contributed by atoms with Crippen LogP contribution in [0, 0.1) is 6.92 Å². The third kappa shape index (κ3) is 3.96. The van der Waals surface area contributed by atoms with Crippen molar-refractivity contribution >= 4 is 38.8 Å². The minimum atomic E-state index is -0.655. The molecule has 0 aliphatic carbocycles. The molecule has 0 spiro atoms. The van der Waals surface area contributed by atoms with Gasteiger partial charge in [-0.1, -0.05) is 46.3 Å². The summed E-state index contributed by atoms with van der Waals surface area (Å²) in [7, 11) is 0. The Labute approximate surface area is 159 Å². The van der Waals surface area contributed by atoms with Crippen LogP contribution in [0.25, 0.3) is 11.0 Å². The largest absolute Gasteiger partial charge is 0.450 e. The first-order valence-electron chi connectivity index (χ1n) is 8.16. The summed E-state index contributed by atoms with van der Waals surface area (Å²) in [4.78, 5) is 24.3. The quantitative estimate of drug-likeness (QED) is 0.621. The Morgan fingerprint density at radius 1 is 1.19 bits per heavy atom. The van der Waals surface area contributed by atoms with Crippen LogP contribution >= 0.6 is 15.9 Å². The normalized spacial score (nSPS) is 12.0. The first-order valence-corrected chi connectivity index (χ1v) is 8.95. The summed E-state index contributed by atoms with van der Waals surface area (Å²) >= 11 is 3.39. The molecule has 0 aliphatic rings. The van der Waals surface area contributed by atoms with Gasteiger partial charge >= 0.3 is 5.97 Å². The highest BCUT2D eigenvalue weighted by atomic mass is 79.9. The molecule has 1 amide bonds. The van der Waals surface area contributed by atoms with Gasteiger partial charge in [-0.2, -0.15) is 0 Å². The molecular formula is C20H18BrNO4. The average Bonchev–Trinajstić information content (AvgIpc) is 2.97. The smallest absolute Gasteiger partial charge is 0.375 e. The molecule has 134 valence electrons. The molecule has 0 unspecified atom stereocenters. The van der Waals surface area contributed by atoms with E-state index in [-0.39, 0.29) is 24.3 Å². The number of amides is 1. The molecule has 1 N–H and O–H groups in total. The van der Waals surface area contributed by atoms with Crippen LogP contribution in [0.3, 0.4) is 0 Å². The summed E-state index contributed by atoms with van der Waals surface area (Å²) in [6.07, 6.45) is 0. The highest BCUT2D eigenvalue weighted by molar-refractivity contribution is 9.10. The van der Waals surface area contributed by atoms with Crippen molar-refractivity contribution in [3.8, 4) is 0 Å². The number of hydrogen-bond acceptors (Lipinski definition) is 4. The fraction of sp³-hybridized carbons (Fsp3) is 0.200. The molecule has 1 aromatic heterocycles. The molecule has 1 atom stereocenters. The number of aryl methyl sites for hydroxylation is 1. The maximum absolute atomic E-state index is 12.3. The first kappa shape index (κ1) is 18.2. The van der Waals surface area contributed by atoms with Gasteiger partial charge in [0.25, 0.3) is 5.91 Å². The van der Waals surface area contributed by atoms with Crippen LogP contribution in [0.1, 0.15) is 34.6 Å². The molecule has 3 rings (SSSR count). The number of halogens is 1. The van der Waals surface area contributed by atoms with Crippen molar-refractivity contribution in [3.05, 3.63) is 69.9 Å². The zero-order valence-electron chi connectivity index (χ0n) is 14.4. The number of carbonyl (C=O) groups excluding carboxylic acids is 2. The van der Waals surface area contributed by atoms with Crippen LogP contribution in [0.5, 0.6) is 0 Å². The predicted octanol–water partition coefficient (Wildman–Crippen LogP) is 4.54. The third-order valence-corrected chi connectivity index (χ3v) is 4.59. The van der Waals surface area contributed by atoms with Gasteiger partial charge in [0, 0.05) is 15.4 Å². The van der Waals surface area contributed by atoms with E-state index < -0.39 is 5.97 Å². The van der Waals surface area contributed by atoms with Gasteiger partial charge < -0.3 is 14.5 Å². The zero-order chi connectivity index (χ0) is 18.7. The highest BCUT2D eigenvalue weighted by Gasteiger charge is 2.20. The van der Waals surface area contributed by atoms with Crippen LogP contribution < -0.4 is 5.32 Å². The van der Waals surface area contributed by atoms with E-state index in [0.717, 1.165) is 15.4 Å². The monoisotopic (exact) mass is 415 g/mol. The van der Waals surface area contributed by atoms with Crippen LogP contribution in [0.2, 0.25) is 0 Å². The standard InChI is InChI=1S/C20H18BrNO4/c1-12-16-10-15(21)8-9-17(16)26-19(12)20(24)25-11-18(23)22-13(2)14-6-4-3-5-7-14/h3-10,13H,11H2,1-2H3,(H,22,23)/t13-/m1/s1. The number of hydrogen-bond donors (Lipinski definition) is 1. The maximum atomic E-state index is 12.3. The summed E-state index contributed by atoms with van der Waals surface area (Å²) in [6.45, 7) is 3.29. The van der Waals surface area contributed by atoms with Gasteiger partial charge in [-0.3, -0.25) is 4.79 Å². The topological polar surface area (TPSA) is 68.5 Å². The fourth-order valence-corrected chi connectivity index (χ4v) is 3.05. The van der Waals surface area contributed by atoms with Gasteiger partial charge in [0.15, 0.2) is 6.61 Å². The first-order chi connectivity index (χ1) is 12.5.